The van der Waals surface area contributed by atoms with Gasteiger partial charge in [0.25, 0.3) is 0 Å². The third kappa shape index (κ3) is 2.89. The topological polar surface area (TPSA) is 26.0 Å². The van der Waals surface area contributed by atoms with Gasteiger partial charge in [-0.2, -0.15) is 0 Å². The molecule has 0 aliphatic heterocycles. The molecule has 0 unspecified atom stereocenters. The molecule has 0 amide bonds. The highest BCUT2D eigenvalue weighted by atomic mass is 35.5. The minimum Gasteiger partial charge on any atom is -0.324 e. The summed E-state index contributed by atoms with van der Waals surface area (Å²) < 4.78 is 36.6. The fourth-order valence-electron chi connectivity index (χ4n) is 1.12. The van der Waals surface area contributed by atoms with E-state index in [0.717, 1.165) is 12.1 Å². The zero-order valence-electron chi connectivity index (χ0n) is 7.18. The van der Waals surface area contributed by atoms with Crippen molar-refractivity contribution in [3.8, 4) is 0 Å². The number of benzene rings is 1. The zero-order chi connectivity index (χ0) is 10.7. The van der Waals surface area contributed by atoms with E-state index < -0.39 is 24.7 Å². The molecule has 0 saturated carbocycles. The van der Waals surface area contributed by atoms with E-state index in [1.165, 1.54) is 6.07 Å². The fraction of sp³-hybridized carbons (Fsp3) is 0.333. The van der Waals surface area contributed by atoms with Crippen LogP contribution in [-0.4, -0.2) is 6.43 Å². The Morgan fingerprint density at radius 2 is 2.00 bits per heavy atom. The molecule has 2 N–H and O–H groups in total. The van der Waals surface area contributed by atoms with Crippen molar-refractivity contribution in [3.05, 3.63) is 34.6 Å². The minimum absolute atomic E-state index is 0.0816. The highest BCUT2D eigenvalue weighted by molar-refractivity contribution is 6.31. The maximum atomic E-state index is 12.6. The molecule has 0 aliphatic rings. The molecule has 0 radical (unpaired) electrons. The van der Waals surface area contributed by atoms with E-state index in [4.69, 9.17) is 17.3 Å². The monoisotopic (exact) mass is 223 g/mol. The SMILES string of the molecule is N[C@@H](CC(F)F)c1ccc(F)cc1Cl. The average Bonchev–Trinajstić information content (AvgIpc) is 2.01. The van der Waals surface area contributed by atoms with Crippen molar-refractivity contribution in [3.63, 3.8) is 0 Å². The van der Waals surface area contributed by atoms with Crippen molar-refractivity contribution in [2.24, 2.45) is 5.73 Å². The standard InChI is InChI=1S/C9H9ClF3N/c10-7-3-5(11)1-2-6(7)8(14)4-9(12)13/h1-3,8-9H,4,14H2/t8-/m0/s1. The molecular weight excluding hydrogens is 215 g/mol. The molecule has 0 heterocycles. The van der Waals surface area contributed by atoms with Crippen molar-refractivity contribution >= 4 is 11.6 Å². The zero-order valence-corrected chi connectivity index (χ0v) is 7.94. The fourth-order valence-corrected chi connectivity index (χ4v) is 1.43. The quantitative estimate of drug-likeness (QED) is 0.837. The summed E-state index contributed by atoms with van der Waals surface area (Å²) >= 11 is 5.64. The second-order valence-corrected chi connectivity index (χ2v) is 3.31. The van der Waals surface area contributed by atoms with E-state index in [2.05, 4.69) is 0 Å². The van der Waals surface area contributed by atoms with Gasteiger partial charge < -0.3 is 5.73 Å². The maximum absolute atomic E-state index is 12.6. The summed E-state index contributed by atoms with van der Waals surface area (Å²) in [4.78, 5) is 0. The van der Waals surface area contributed by atoms with Gasteiger partial charge in [0.2, 0.25) is 6.43 Å². The number of alkyl halides is 2. The highest BCUT2D eigenvalue weighted by Crippen LogP contribution is 2.26. The van der Waals surface area contributed by atoms with Crippen molar-refractivity contribution in [2.75, 3.05) is 0 Å². The number of hydrogen-bond acceptors (Lipinski definition) is 1. The lowest BCUT2D eigenvalue weighted by atomic mass is 10.1. The van der Waals surface area contributed by atoms with Crippen LogP contribution in [-0.2, 0) is 0 Å². The molecule has 0 spiro atoms. The van der Waals surface area contributed by atoms with Crippen LogP contribution in [0.15, 0.2) is 18.2 Å². The molecule has 78 valence electrons. The molecule has 1 atom stereocenters. The molecule has 0 saturated heterocycles. The van der Waals surface area contributed by atoms with Gasteiger partial charge in [-0.25, -0.2) is 13.2 Å². The van der Waals surface area contributed by atoms with Crippen LogP contribution in [0.4, 0.5) is 13.2 Å². The van der Waals surface area contributed by atoms with Crippen LogP contribution in [0.1, 0.15) is 18.0 Å². The van der Waals surface area contributed by atoms with Crippen LogP contribution in [0.2, 0.25) is 5.02 Å². The first-order valence-corrected chi connectivity index (χ1v) is 4.37. The predicted molar refractivity (Wildman–Crippen MR) is 49.0 cm³/mol. The third-order valence-electron chi connectivity index (χ3n) is 1.79. The number of hydrogen-bond donors (Lipinski definition) is 1. The molecule has 14 heavy (non-hydrogen) atoms. The molecule has 0 bridgehead atoms. The summed E-state index contributed by atoms with van der Waals surface area (Å²) in [6, 6.07) is 2.67. The molecule has 1 aromatic carbocycles. The first-order valence-electron chi connectivity index (χ1n) is 3.99. The van der Waals surface area contributed by atoms with Crippen LogP contribution < -0.4 is 5.73 Å². The Bertz CT molecular complexity index is 317. The minimum atomic E-state index is -2.49. The summed E-state index contributed by atoms with van der Waals surface area (Å²) in [5.41, 5.74) is 5.80. The van der Waals surface area contributed by atoms with Gasteiger partial charge in [-0.1, -0.05) is 17.7 Å². The second-order valence-electron chi connectivity index (χ2n) is 2.90. The molecule has 0 aromatic heterocycles. The van der Waals surface area contributed by atoms with E-state index in [1.54, 1.807) is 0 Å². The first kappa shape index (κ1) is 11.3. The van der Waals surface area contributed by atoms with Crippen LogP contribution in [0.3, 0.4) is 0 Å². The Morgan fingerprint density at radius 3 is 2.50 bits per heavy atom. The second kappa shape index (κ2) is 4.66. The van der Waals surface area contributed by atoms with Gasteiger partial charge in [-0.15, -0.1) is 0 Å². The summed E-state index contributed by atoms with van der Waals surface area (Å²) in [5.74, 6) is -0.511. The largest absolute Gasteiger partial charge is 0.324 e. The Hall–Kier alpha value is -0.740. The summed E-state index contributed by atoms with van der Waals surface area (Å²) in [6.45, 7) is 0. The number of rotatable bonds is 3. The van der Waals surface area contributed by atoms with E-state index >= 15 is 0 Å². The van der Waals surface area contributed by atoms with Crippen molar-refractivity contribution in [1.29, 1.82) is 0 Å². The molecular formula is C9H9ClF3N. The maximum Gasteiger partial charge on any atom is 0.240 e. The van der Waals surface area contributed by atoms with Crippen LogP contribution in [0.25, 0.3) is 0 Å². The van der Waals surface area contributed by atoms with Gasteiger partial charge in [0.1, 0.15) is 5.82 Å². The lowest BCUT2D eigenvalue weighted by Gasteiger charge is -2.12. The van der Waals surface area contributed by atoms with E-state index in [-0.39, 0.29) is 5.02 Å². The van der Waals surface area contributed by atoms with E-state index in [1.807, 2.05) is 0 Å². The molecule has 0 aliphatic carbocycles. The van der Waals surface area contributed by atoms with Gasteiger partial charge in [-0.3, -0.25) is 0 Å². The molecule has 1 rings (SSSR count). The normalized spacial score (nSPS) is 13.3. The van der Waals surface area contributed by atoms with Crippen molar-refractivity contribution < 1.29 is 13.2 Å². The summed E-state index contributed by atoms with van der Waals surface area (Å²) in [5, 5.41) is 0.0816. The Morgan fingerprint density at radius 1 is 1.36 bits per heavy atom. The molecule has 1 nitrogen and oxygen atoms in total. The van der Waals surface area contributed by atoms with E-state index in [9.17, 15) is 13.2 Å². The van der Waals surface area contributed by atoms with Gasteiger partial charge in [-0.05, 0) is 17.7 Å². The molecule has 1 aromatic rings. The number of nitrogens with two attached hydrogens (primary N) is 1. The first-order chi connectivity index (χ1) is 6.50. The molecule has 5 heteroatoms. The lowest BCUT2D eigenvalue weighted by molar-refractivity contribution is 0.128. The predicted octanol–water partition coefficient (Wildman–Crippen LogP) is 3.13. The van der Waals surface area contributed by atoms with Crippen LogP contribution >= 0.6 is 11.6 Å². The highest BCUT2D eigenvalue weighted by Gasteiger charge is 2.15. The van der Waals surface area contributed by atoms with Gasteiger partial charge in [0.05, 0.1) is 0 Å². The average molecular weight is 224 g/mol. The molecule has 0 fully saturated rings. The number of halogens is 4. The summed E-state index contributed by atoms with van der Waals surface area (Å²) in [7, 11) is 0. The third-order valence-corrected chi connectivity index (χ3v) is 2.12. The Balaban J connectivity index is 2.84. The van der Waals surface area contributed by atoms with Crippen molar-refractivity contribution in [1.82, 2.24) is 0 Å². The van der Waals surface area contributed by atoms with Crippen LogP contribution in [0, 0.1) is 5.82 Å². The Kier molecular flexibility index (Phi) is 3.77. The van der Waals surface area contributed by atoms with Crippen LogP contribution in [0.5, 0.6) is 0 Å². The summed E-state index contributed by atoms with van der Waals surface area (Å²) in [6.07, 6.45) is -2.98. The van der Waals surface area contributed by atoms with E-state index in [0.29, 0.717) is 5.56 Å². The van der Waals surface area contributed by atoms with Gasteiger partial charge in [0.15, 0.2) is 0 Å². The smallest absolute Gasteiger partial charge is 0.240 e. The Labute approximate surface area is 84.7 Å². The van der Waals surface area contributed by atoms with Gasteiger partial charge >= 0.3 is 0 Å². The van der Waals surface area contributed by atoms with Crippen molar-refractivity contribution in [2.45, 2.75) is 18.9 Å². The lowest BCUT2D eigenvalue weighted by Crippen LogP contribution is -2.14. The van der Waals surface area contributed by atoms with Gasteiger partial charge in [0, 0.05) is 17.5 Å².